The van der Waals surface area contributed by atoms with Gasteiger partial charge in [-0.1, -0.05) is 35.9 Å². The summed E-state index contributed by atoms with van der Waals surface area (Å²) < 4.78 is 16.9. The van der Waals surface area contributed by atoms with E-state index in [9.17, 15) is 0 Å². The molecule has 0 spiro atoms. The zero-order valence-corrected chi connectivity index (χ0v) is 21.9. The van der Waals surface area contributed by atoms with E-state index in [4.69, 9.17) is 14.2 Å². The van der Waals surface area contributed by atoms with Crippen LogP contribution in [0.4, 0.5) is 0 Å². The van der Waals surface area contributed by atoms with Crippen LogP contribution < -0.4 is 20.1 Å². The van der Waals surface area contributed by atoms with Crippen molar-refractivity contribution in [2.75, 3.05) is 47.6 Å². The number of halogens is 1. The maximum absolute atomic E-state index is 5.72. The summed E-state index contributed by atoms with van der Waals surface area (Å²) in [5.41, 5.74) is 3.60. The lowest BCUT2D eigenvalue weighted by atomic mass is 9.73. The average Bonchev–Trinajstić information content (AvgIpc) is 2.82. The van der Waals surface area contributed by atoms with Crippen LogP contribution in [-0.2, 0) is 16.6 Å². The monoisotopic (exact) mass is 553 g/mol. The smallest absolute Gasteiger partial charge is 0.191 e. The van der Waals surface area contributed by atoms with Gasteiger partial charge in [0.05, 0.1) is 14.2 Å². The fourth-order valence-electron chi connectivity index (χ4n) is 4.24. The first-order chi connectivity index (χ1) is 15.1. The molecule has 7 heteroatoms. The molecule has 1 aliphatic heterocycles. The number of methoxy groups -OCH3 is 2. The van der Waals surface area contributed by atoms with Gasteiger partial charge in [0.25, 0.3) is 0 Å². The lowest BCUT2D eigenvalue weighted by Crippen LogP contribution is -2.48. The van der Waals surface area contributed by atoms with Crippen molar-refractivity contribution in [3.63, 3.8) is 0 Å². The van der Waals surface area contributed by atoms with Gasteiger partial charge in [0, 0.05) is 44.3 Å². The van der Waals surface area contributed by atoms with Crippen LogP contribution in [0.25, 0.3) is 0 Å². The van der Waals surface area contributed by atoms with Gasteiger partial charge in [0.1, 0.15) is 11.5 Å². The molecule has 6 nitrogen and oxygen atoms in total. The van der Waals surface area contributed by atoms with Crippen LogP contribution in [0, 0.1) is 6.92 Å². The number of rotatable bonds is 8. The van der Waals surface area contributed by atoms with Crippen molar-refractivity contribution in [2.24, 2.45) is 4.99 Å². The molecule has 1 heterocycles. The van der Waals surface area contributed by atoms with Gasteiger partial charge in [-0.3, -0.25) is 4.99 Å². The van der Waals surface area contributed by atoms with E-state index in [1.165, 1.54) is 16.7 Å². The number of hydrogen-bond acceptors (Lipinski definition) is 4. The lowest BCUT2D eigenvalue weighted by Gasteiger charge is -2.39. The second kappa shape index (κ2) is 12.9. The molecule has 0 bridgehead atoms. The fourth-order valence-corrected chi connectivity index (χ4v) is 4.24. The van der Waals surface area contributed by atoms with Crippen molar-refractivity contribution in [3.8, 4) is 11.5 Å². The highest BCUT2D eigenvalue weighted by Crippen LogP contribution is 2.40. The standard InChI is InChI=1S/C25H35N3O3.HI/c1-19-9-10-23(30-4)21(17-19)25(12-15-31-16-13-25)18-28-24(26-2)27-14-11-20-7-5-6-8-22(20)29-3;/h5-10,17H,11-16,18H2,1-4H3,(H2,26,27,28);1H. The molecule has 0 atom stereocenters. The van der Waals surface area contributed by atoms with E-state index in [-0.39, 0.29) is 29.4 Å². The van der Waals surface area contributed by atoms with Crippen LogP contribution in [0.15, 0.2) is 47.5 Å². The van der Waals surface area contributed by atoms with Crippen molar-refractivity contribution >= 4 is 29.9 Å². The van der Waals surface area contributed by atoms with Crippen LogP contribution >= 0.6 is 24.0 Å². The Morgan fingerprint density at radius 3 is 2.44 bits per heavy atom. The highest BCUT2D eigenvalue weighted by Gasteiger charge is 2.37. The maximum Gasteiger partial charge on any atom is 0.191 e. The van der Waals surface area contributed by atoms with Crippen LogP contribution in [0.2, 0.25) is 0 Å². The highest BCUT2D eigenvalue weighted by molar-refractivity contribution is 14.0. The molecular formula is C25H36IN3O3. The summed E-state index contributed by atoms with van der Waals surface area (Å²) in [5.74, 6) is 2.65. The molecular weight excluding hydrogens is 517 g/mol. The molecule has 1 fully saturated rings. The summed E-state index contributed by atoms with van der Waals surface area (Å²) in [5, 5.41) is 7.00. The normalized spacial score (nSPS) is 15.4. The van der Waals surface area contributed by atoms with E-state index in [2.05, 4.69) is 46.8 Å². The van der Waals surface area contributed by atoms with E-state index in [1.807, 2.05) is 25.2 Å². The van der Waals surface area contributed by atoms with Crippen LogP contribution in [0.1, 0.15) is 29.5 Å². The third-order valence-electron chi connectivity index (χ3n) is 6.07. The van der Waals surface area contributed by atoms with Crippen molar-refractivity contribution in [3.05, 3.63) is 59.2 Å². The number of benzene rings is 2. The molecule has 32 heavy (non-hydrogen) atoms. The molecule has 0 radical (unpaired) electrons. The summed E-state index contributed by atoms with van der Waals surface area (Å²) in [6.45, 7) is 5.16. The molecule has 1 aliphatic rings. The van der Waals surface area contributed by atoms with Gasteiger partial charge < -0.3 is 24.8 Å². The highest BCUT2D eigenvalue weighted by atomic mass is 127. The first-order valence-corrected chi connectivity index (χ1v) is 10.9. The Bertz CT molecular complexity index is 882. The number of ether oxygens (including phenoxy) is 3. The van der Waals surface area contributed by atoms with E-state index in [0.717, 1.165) is 63.0 Å². The topological polar surface area (TPSA) is 64.1 Å². The summed E-state index contributed by atoms with van der Waals surface area (Å²) in [7, 11) is 5.26. The Labute approximate surface area is 209 Å². The molecule has 0 saturated carbocycles. The molecule has 2 aromatic carbocycles. The van der Waals surface area contributed by atoms with Gasteiger partial charge in [-0.2, -0.15) is 0 Å². The summed E-state index contributed by atoms with van der Waals surface area (Å²) in [4.78, 5) is 4.43. The first kappa shape index (κ1) is 26.3. The Morgan fingerprint density at radius 2 is 1.75 bits per heavy atom. The van der Waals surface area contributed by atoms with Crippen LogP contribution in [0.5, 0.6) is 11.5 Å². The number of para-hydroxylation sites is 1. The summed E-state index contributed by atoms with van der Waals surface area (Å²) in [6, 6.07) is 14.5. The van der Waals surface area contributed by atoms with Crippen LogP contribution in [0.3, 0.4) is 0 Å². The second-order valence-electron chi connectivity index (χ2n) is 8.01. The van der Waals surface area contributed by atoms with Gasteiger partial charge in [0.2, 0.25) is 0 Å². The molecule has 2 aromatic rings. The van der Waals surface area contributed by atoms with Gasteiger partial charge in [-0.15, -0.1) is 24.0 Å². The van der Waals surface area contributed by atoms with E-state index >= 15 is 0 Å². The Kier molecular flexibility index (Phi) is 10.6. The first-order valence-electron chi connectivity index (χ1n) is 10.9. The van der Waals surface area contributed by atoms with Crippen molar-refractivity contribution in [2.45, 2.75) is 31.6 Å². The van der Waals surface area contributed by atoms with Gasteiger partial charge in [-0.25, -0.2) is 0 Å². The quantitative estimate of drug-likeness (QED) is 0.293. The minimum atomic E-state index is -0.0596. The number of hydrogen-bond donors (Lipinski definition) is 2. The largest absolute Gasteiger partial charge is 0.496 e. The Hall–Kier alpha value is -2.00. The molecule has 0 aliphatic carbocycles. The molecule has 0 aromatic heterocycles. The number of guanidine groups is 1. The minimum Gasteiger partial charge on any atom is -0.496 e. The van der Waals surface area contributed by atoms with Gasteiger partial charge >= 0.3 is 0 Å². The zero-order chi connectivity index (χ0) is 22.1. The lowest BCUT2D eigenvalue weighted by molar-refractivity contribution is 0.0505. The average molecular weight is 553 g/mol. The number of nitrogens with zero attached hydrogens (tertiary/aromatic N) is 1. The number of aliphatic imine (C=N–C) groups is 1. The SMILES string of the molecule is CN=C(NCCc1ccccc1OC)NCC1(c2cc(C)ccc2OC)CCOCC1.I. The third kappa shape index (κ3) is 6.51. The number of nitrogens with one attached hydrogen (secondary N) is 2. The molecule has 1 saturated heterocycles. The summed E-state index contributed by atoms with van der Waals surface area (Å²) >= 11 is 0. The Morgan fingerprint density at radius 1 is 1.03 bits per heavy atom. The minimum absolute atomic E-state index is 0. The predicted molar refractivity (Wildman–Crippen MR) is 141 cm³/mol. The van der Waals surface area contributed by atoms with Crippen molar-refractivity contribution < 1.29 is 14.2 Å². The van der Waals surface area contributed by atoms with Gasteiger partial charge in [-0.05, 0) is 43.9 Å². The molecule has 3 rings (SSSR count). The van der Waals surface area contributed by atoms with E-state index in [0.29, 0.717) is 0 Å². The maximum atomic E-state index is 5.72. The summed E-state index contributed by atoms with van der Waals surface area (Å²) in [6.07, 6.45) is 2.74. The van der Waals surface area contributed by atoms with Crippen molar-refractivity contribution in [1.82, 2.24) is 10.6 Å². The molecule has 2 N–H and O–H groups in total. The number of aryl methyl sites for hydroxylation is 1. The van der Waals surface area contributed by atoms with E-state index < -0.39 is 0 Å². The second-order valence-corrected chi connectivity index (χ2v) is 8.01. The predicted octanol–water partition coefficient (Wildman–Crippen LogP) is 4.09. The molecule has 0 unspecified atom stereocenters. The Balaban J connectivity index is 0.00000363. The van der Waals surface area contributed by atoms with Gasteiger partial charge in [0.15, 0.2) is 5.96 Å². The zero-order valence-electron chi connectivity index (χ0n) is 19.6. The molecule has 0 amide bonds. The third-order valence-corrected chi connectivity index (χ3v) is 6.07. The van der Waals surface area contributed by atoms with E-state index in [1.54, 1.807) is 14.2 Å². The fraction of sp³-hybridized carbons (Fsp3) is 0.480. The van der Waals surface area contributed by atoms with Crippen molar-refractivity contribution in [1.29, 1.82) is 0 Å². The van der Waals surface area contributed by atoms with Crippen LogP contribution in [-0.4, -0.2) is 53.5 Å². The molecule has 176 valence electrons.